The number of hydroxylamine groups is 3. The minimum absolute atomic E-state index is 0.309. The Morgan fingerprint density at radius 1 is 1.50 bits per heavy atom. The van der Waals surface area contributed by atoms with Gasteiger partial charge in [-0.15, -0.1) is 4.65 Å². The zero-order valence-electron chi connectivity index (χ0n) is 9.96. The lowest BCUT2D eigenvalue weighted by molar-refractivity contribution is -1.09. The molecule has 0 saturated carbocycles. The molecule has 0 heterocycles. The van der Waals surface area contributed by atoms with Crippen LogP contribution in [0.5, 0.6) is 0 Å². The van der Waals surface area contributed by atoms with Gasteiger partial charge >= 0.3 is 5.97 Å². The zero-order chi connectivity index (χ0) is 11.4. The van der Waals surface area contributed by atoms with Crippen molar-refractivity contribution in [3.63, 3.8) is 0 Å². The summed E-state index contributed by atoms with van der Waals surface area (Å²) in [7, 11) is 1.93. The lowest BCUT2D eigenvalue weighted by Gasteiger charge is -2.34. The highest BCUT2D eigenvalue weighted by atomic mass is 16.7. The van der Waals surface area contributed by atoms with Gasteiger partial charge < -0.3 is 0 Å². The predicted molar refractivity (Wildman–Crippen MR) is 57.4 cm³/mol. The number of hydrogen-bond donors (Lipinski definition) is 0. The monoisotopic (exact) mass is 200 g/mol. The van der Waals surface area contributed by atoms with Gasteiger partial charge in [0.15, 0.2) is 0 Å². The summed E-state index contributed by atoms with van der Waals surface area (Å²) in [6, 6.07) is 0.309. The van der Waals surface area contributed by atoms with Gasteiger partial charge in [-0.25, -0.2) is 4.79 Å². The van der Waals surface area contributed by atoms with Crippen molar-refractivity contribution in [3.8, 4) is 0 Å². The van der Waals surface area contributed by atoms with E-state index in [9.17, 15) is 4.79 Å². The second-order valence-electron chi connectivity index (χ2n) is 3.91. The van der Waals surface area contributed by atoms with Crippen molar-refractivity contribution in [2.45, 2.75) is 40.2 Å². The summed E-state index contributed by atoms with van der Waals surface area (Å²) in [6.45, 7) is 12.2. The lowest BCUT2D eigenvalue weighted by atomic mass is 10.2. The molecule has 0 amide bonds. The van der Waals surface area contributed by atoms with Gasteiger partial charge in [0.2, 0.25) is 0 Å². The molecule has 0 aliphatic carbocycles. The van der Waals surface area contributed by atoms with Crippen LogP contribution in [0, 0.1) is 0 Å². The minimum Gasteiger partial charge on any atom is -0.272 e. The van der Waals surface area contributed by atoms with Crippen LogP contribution in [0.15, 0.2) is 12.2 Å². The van der Waals surface area contributed by atoms with Crippen LogP contribution in [0.1, 0.15) is 34.1 Å². The second-order valence-corrected chi connectivity index (χ2v) is 3.91. The van der Waals surface area contributed by atoms with E-state index in [0.717, 1.165) is 13.0 Å². The van der Waals surface area contributed by atoms with Crippen LogP contribution in [0.4, 0.5) is 0 Å². The van der Waals surface area contributed by atoms with Gasteiger partial charge in [0, 0.05) is 12.0 Å². The molecular weight excluding hydrogens is 178 g/mol. The van der Waals surface area contributed by atoms with Crippen LogP contribution >= 0.6 is 0 Å². The summed E-state index contributed by atoms with van der Waals surface area (Å²) in [5, 5.41) is 0. The first-order valence-electron chi connectivity index (χ1n) is 5.12. The number of carbonyl (C=O) groups excluding carboxylic acids is 1. The summed E-state index contributed by atoms with van der Waals surface area (Å²) in [5.74, 6) is -0.311. The molecule has 14 heavy (non-hydrogen) atoms. The van der Waals surface area contributed by atoms with Crippen LogP contribution in [-0.4, -0.2) is 30.2 Å². The average Bonchev–Trinajstić information content (AvgIpc) is 2.15. The molecule has 82 valence electrons. The Balaban J connectivity index is 4.55. The molecule has 0 saturated heterocycles. The first-order chi connectivity index (χ1) is 6.37. The van der Waals surface area contributed by atoms with Crippen molar-refractivity contribution in [2.75, 3.05) is 13.6 Å². The Hall–Kier alpha value is -0.830. The average molecular weight is 200 g/mol. The van der Waals surface area contributed by atoms with E-state index in [4.69, 9.17) is 4.84 Å². The molecule has 0 fully saturated rings. The number of quaternary nitrogens is 1. The topological polar surface area (TPSA) is 26.3 Å². The Labute approximate surface area is 86.9 Å². The van der Waals surface area contributed by atoms with Crippen molar-refractivity contribution in [1.29, 1.82) is 0 Å². The molecule has 0 aromatic rings. The fourth-order valence-corrected chi connectivity index (χ4v) is 1.12. The van der Waals surface area contributed by atoms with Crippen LogP contribution < -0.4 is 0 Å². The van der Waals surface area contributed by atoms with E-state index < -0.39 is 0 Å². The molecule has 2 atom stereocenters. The van der Waals surface area contributed by atoms with Crippen molar-refractivity contribution in [2.24, 2.45) is 0 Å². The molecular formula is C11H22NO2+. The van der Waals surface area contributed by atoms with E-state index in [2.05, 4.69) is 20.4 Å². The molecule has 0 N–H and O–H groups in total. The largest absolute Gasteiger partial charge is 0.392 e. The Morgan fingerprint density at radius 2 is 2.00 bits per heavy atom. The molecule has 3 nitrogen and oxygen atoms in total. The number of nitrogens with zero attached hydrogens (tertiary/aromatic N) is 1. The fraction of sp³-hybridized carbons (Fsp3) is 0.727. The third-order valence-corrected chi connectivity index (χ3v) is 2.79. The van der Waals surface area contributed by atoms with Gasteiger partial charge in [0.1, 0.15) is 19.6 Å². The summed E-state index contributed by atoms with van der Waals surface area (Å²) >= 11 is 0. The highest BCUT2D eigenvalue weighted by Crippen LogP contribution is 2.15. The minimum atomic E-state index is -0.311. The molecule has 0 aromatic carbocycles. The summed E-state index contributed by atoms with van der Waals surface area (Å²) in [5.41, 5.74) is 0.450. The molecule has 0 rings (SSSR count). The zero-order valence-corrected chi connectivity index (χ0v) is 9.96. The first kappa shape index (κ1) is 13.2. The maximum absolute atomic E-state index is 11.4. The lowest BCUT2D eigenvalue weighted by Crippen LogP contribution is -2.51. The van der Waals surface area contributed by atoms with Crippen molar-refractivity contribution in [3.05, 3.63) is 12.2 Å². The van der Waals surface area contributed by atoms with Crippen molar-refractivity contribution < 1.29 is 14.3 Å². The molecule has 0 bridgehead atoms. The maximum Gasteiger partial charge on any atom is 0.392 e. The molecule has 0 radical (unpaired) electrons. The van der Waals surface area contributed by atoms with Gasteiger partial charge in [0.25, 0.3) is 0 Å². The van der Waals surface area contributed by atoms with Crippen LogP contribution in [0.25, 0.3) is 0 Å². The normalized spacial score (nSPS) is 16.9. The molecule has 0 spiro atoms. The van der Waals surface area contributed by atoms with Gasteiger partial charge in [-0.05, 0) is 20.8 Å². The standard InChI is InChI=1S/C11H22NO2/c1-7-10(5)12(6,8-2)14-11(13)9(3)4/h10H,3,7-8H2,1-2,4-6H3/q+1. The van der Waals surface area contributed by atoms with Crippen LogP contribution in [-0.2, 0) is 9.63 Å². The highest BCUT2D eigenvalue weighted by molar-refractivity contribution is 5.86. The fourth-order valence-electron chi connectivity index (χ4n) is 1.12. The van der Waals surface area contributed by atoms with Gasteiger partial charge in [0.05, 0.1) is 0 Å². The molecule has 3 heteroatoms. The van der Waals surface area contributed by atoms with E-state index in [0.29, 0.717) is 16.3 Å². The third-order valence-electron chi connectivity index (χ3n) is 2.79. The predicted octanol–water partition coefficient (Wildman–Crippen LogP) is 2.29. The van der Waals surface area contributed by atoms with Crippen LogP contribution in [0.2, 0.25) is 0 Å². The quantitative estimate of drug-likeness (QED) is 0.386. The first-order valence-corrected chi connectivity index (χ1v) is 5.12. The summed E-state index contributed by atoms with van der Waals surface area (Å²) in [4.78, 5) is 16.8. The maximum atomic E-state index is 11.4. The molecule has 2 unspecified atom stereocenters. The number of rotatable bonds is 5. The summed E-state index contributed by atoms with van der Waals surface area (Å²) < 4.78 is 0.322. The smallest absolute Gasteiger partial charge is 0.272 e. The van der Waals surface area contributed by atoms with Gasteiger partial charge in [-0.3, -0.25) is 4.84 Å². The third kappa shape index (κ3) is 3.14. The Morgan fingerprint density at radius 3 is 2.29 bits per heavy atom. The number of carbonyl (C=O) groups is 1. The summed E-state index contributed by atoms with van der Waals surface area (Å²) in [6.07, 6.45) is 0.980. The van der Waals surface area contributed by atoms with Gasteiger partial charge in [-0.1, -0.05) is 13.5 Å². The highest BCUT2D eigenvalue weighted by Gasteiger charge is 2.31. The van der Waals surface area contributed by atoms with Crippen molar-refractivity contribution in [1.82, 2.24) is 0 Å². The van der Waals surface area contributed by atoms with E-state index >= 15 is 0 Å². The van der Waals surface area contributed by atoms with Crippen molar-refractivity contribution >= 4 is 5.97 Å². The van der Waals surface area contributed by atoms with Crippen LogP contribution in [0.3, 0.4) is 0 Å². The Kier molecular flexibility index (Phi) is 4.85. The molecule has 0 aliphatic heterocycles. The van der Waals surface area contributed by atoms with E-state index in [-0.39, 0.29) is 5.97 Å². The Bertz CT molecular complexity index is 225. The van der Waals surface area contributed by atoms with E-state index in [1.54, 1.807) is 6.92 Å². The molecule has 0 aliphatic rings. The van der Waals surface area contributed by atoms with E-state index in [1.165, 1.54) is 0 Å². The SMILES string of the molecule is C=C(C)C(=O)O[N+](C)(CC)C(C)CC. The molecule has 0 aromatic heterocycles. The van der Waals surface area contributed by atoms with Gasteiger partial charge in [-0.2, -0.15) is 0 Å². The second kappa shape index (κ2) is 5.15. The van der Waals surface area contributed by atoms with E-state index in [1.807, 2.05) is 14.0 Å². The number of hydrogen-bond acceptors (Lipinski definition) is 2.